The van der Waals surface area contributed by atoms with Gasteiger partial charge >= 0.3 is 0 Å². The van der Waals surface area contributed by atoms with E-state index in [0.29, 0.717) is 10.9 Å². The van der Waals surface area contributed by atoms with Gasteiger partial charge < -0.3 is 0 Å². The van der Waals surface area contributed by atoms with Crippen molar-refractivity contribution in [3.05, 3.63) is 23.3 Å². The van der Waals surface area contributed by atoms with Gasteiger partial charge in [0.05, 0.1) is 0 Å². The first-order valence-electron chi connectivity index (χ1n) is 3.06. The minimum Gasteiger partial charge on any atom is -0.126 e. The van der Waals surface area contributed by atoms with Crippen LogP contribution in [0.3, 0.4) is 0 Å². The first kappa shape index (κ1) is 9.73. The normalized spacial score (nSPS) is 28.4. The van der Waals surface area contributed by atoms with Crippen LogP contribution in [0, 0.1) is 5.92 Å². The Morgan fingerprint density at radius 1 is 1.45 bits per heavy atom. The zero-order valence-corrected chi connectivity index (χ0v) is 8.55. The lowest BCUT2D eigenvalue weighted by Gasteiger charge is -2.25. The average Bonchev–Trinajstić information content (AvgIpc) is 1.94. The van der Waals surface area contributed by atoms with E-state index in [1.165, 1.54) is 0 Å². The van der Waals surface area contributed by atoms with Crippen LogP contribution in [0.4, 0.5) is 0 Å². The molecule has 0 aromatic carbocycles. The minimum absolute atomic E-state index is 0.106. The molecule has 1 rings (SSSR count). The van der Waals surface area contributed by atoms with Gasteiger partial charge in [-0.05, 0) is 12.2 Å². The molecule has 0 spiro atoms. The van der Waals surface area contributed by atoms with Crippen LogP contribution >= 0.6 is 46.4 Å². The summed E-state index contributed by atoms with van der Waals surface area (Å²) in [6.45, 7) is 0. The molecule has 1 aliphatic rings. The van der Waals surface area contributed by atoms with Crippen molar-refractivity contribution in [2.45, 2.75) is 4.33 Å². The maximum Gasteiger partial charge on any atom is 0.144 e. The highest BCUT2D eigenvalue weighted by atomic mass is 35.5. The third kappa shape index (κ3) is 2.29. The Kier molecular flexibility index (Phi) is 3.16. The summed E-state index contributed by atoms with van der Waals surface area (Å²) in [4.78, 5) is 0. The van der Waals surface area contributed by atoms with Crippen molar-refractivity contribution in [2.75, 3.05) is 5.88 Å². The molecule has 0 heterocycles. The predicted molar refractivity (Wildman–Crippen MR) is 51.7 cm³/mol. The molecule has 0 N–H and O–H groups in total. The molecule has 0 radical (unpaired) electrons. The highest BCUT2D eigenvalue weighted by molar-refractivity contribution is 6.50. The van der Waals surface area contributed by atoms with Gasteiger partial charge in [-0.2, -0.15) is 0 Å². The second-order valence-electron chi connectivity index (χ2n) is 2.32. The van der Waals surface area contributed by atoms with Crippen LogP contribution in [0.5, 0.6) is 0 Å². The van der Waals surface area contributed by atoms with Crippen LogP contribution in [0.15, 0.2) is 23.3 Å². The van der Waals surface area contributed by atoms with Gasteiger partial charge in [0.1, 0.15) is 4.33 Å². The molecule has 0 amide bonds. The van der Waals surface area contributed by atoms with Crippen molar-refractivity contribution >= 4 is 46.4 Å². The maximum atomic E-state index is 5.89. The number of halogens is 4. The molecule has 62 valence electrons. The fraction of sp³-hybridized carbons (Fsp3) is 0.429. The summed E-state index contributed by atoms with van der Waals surface area (Å²) < 4.78 is -0.903. The van der Waals surface area contributed by atoms with E-state index in [1.54, 1.807) is 18.2 Å². The second-order valence-corrected chi connectivity index (χ2v) is 4.51. The van der Waals surface area contributed by atoms with E-state index in [0.717, 1.165) is 0 Å². The summed E-state index contributed by atoms with van der Waals surface area (Å²) in [5.41, 5.74) is 0. The second kappa shape index (κ2) is 3.57. The van der Waals surface area contributed by atoms with Gasteiger partial charge in [-0.1, -0.05) is 40.9 Å². The molecule has 0 fully saturated rings. The largest absolute Gasteiger partial charge is 0.144 e. The summed E-state index contributed by atoms with van der Waals surface area (Å²) in [7, 11) is 0. The minimum atomic E-state index is -0.903. The van der Waals surface area contributed by atoms with Gasteiger partial charge in [-0.15, -0.1) is 11.6 Å². The van der Waals surface area contributed by atoms with E-state index in [2.05, 4.69) is 0 Å². The Morgan fingerprint density at radius 3 is 2.55 bits per heavy atom. The van der Waals surface area contributed by atoms with Crippen LogP contribution in [0.25, 0.3) is 0 Å². The van der Waals surface area contributed by atoms with Gasteiger partial charge in [-0.25, -0.2) is 0 Å². The zero-order chi connectivity index (χ0) is 8.48. The Bertz CT molecular complexity index is 204. The third-order valence-corrected chi connectivity index (χ3v) is 2.88. The number of allylic oxidation sites excluding steroid dienone is 4. The van der Waals surface area contributed by atoms with Crippen LogP contribution in [-0.4, -0.2) is 10.2 Å². The SMILES string of the molecule is ClCC1C=C(Cl)C=CC1(Cl)Cl. The van der Waals surface area contributed by atoms with Crippen molar-refractivity contribution in [1.29, 1.82) is 0 Å². The highest BCUT2D eigenvalue weighted by Crippen LogP contribution is 2.38. The summed E-state index contributed by atoms with van der Waals surface area (Å²) >= 11 is 23.1. The molecule has 1 atom stereocenters. The fourth-order valence-corrected chi connectivity index (χ4v) is 1.93. The lowest BCUT2D eigenvalue weighted by Crippen LogP contribution is -2.25. The van der Waals surface area contributed by atoms with Crippen LogP contribution in [0.2, 0.25) is 0 Å². The van der Waals surface area contributed by atoms with Gasteiger partial charge in [0.2, 0.25) is 0 Å². The summed E-state index contributed by atoms with van der Waals surface area (Å²) in [6, 6.07) is 0. The number of alkyl halides is 3. The number of hydrogen-bond donors (Lipinski definition) is 0. The van der Waals surface area contributed by atoms with Crippen LogP contribution in [-0.2, 0) is 0 Å². The predicted octanol–water partition coefficient (Wildman–Crippen LogP) is 3.71. The van der Waals surface area contributed by atoms with E-state index in [-0.39, 0.29) is 5.92 Å². The Labute approximate surface area is 85.8 Å². The number of hydrogen-bond acceptors (Lipinski definition) is 0. The zero-order valence-electron chi connectivity index (χ0n) is 5.53. The van der Waals surface area contributed by atoms with Crippen molar-refractivity contribution < 1.29 is 0 Å². The van der Waals surface area contributed by atoms with E-state index in [1.807, 2.05) is 0 Å². The molecule has 0 saturated carbocycles. The summed E-state index contributed by atoms with van der Waals surface area (Å²) in [5, 5.41) is 0.632. The van der Waals surface area contributed by atoms with E-state index < -0.39 is 4.33 Å². The van der Waals surface area contributed by atoms with E-state index >= 15 is 0 Å². The lowest BCUT2D eigenvalue weighted by atomic mass is 10.0. The van der Waals surface area contributed by atoms with Gasteiger partial charge in [-0.3, -0.25) is 0 Å². The highest BCUT2D eigenvalue weighted by Gasteiger charge is 2.32. The third-order valence-electron chi connectivity index (χ3n) is 1.49. The number of rotatable bonds is 1. The monoisotopic (exact) mass is 230 g/mol. The van der Waals surface area contributed by atoms with E-state index in [4.69, 9.17) is 46.4 Å². The Hall–Kier alpha value is 0.640. The molecular weight excluding hydrogens is 226 g/mol. The van der Waals surface area contributed by atoms with Crippen LogP contribution < -0.4 is 0 Å². The van der Waals surface area contributed by atoms with Gasteiger partial charge in [0, 0.05) is 16.8 Å². The van der Waals surface area contributed by atoms with Gasteiger partial charge in [0.15, 0.2) is 0 Å². The molecule has 0 saturated heterocycles. The Balaban J connectivity index is 2.84. The van der Waals surface area contributed by atoms with Crippen molar-refractivity contribution in [3.63, 3.8) is 0 Å². The van der Waals surface area contributed by atoms with Crippen molar-refractivity contribution in [3.8, 4) is 0 Å². The molecule has 0 aromatic heterocycles. The Morgan fingerprint density at radius 2 is 2.09 bits per heavy atom. The van der Waals surface area contributed by atoms with Crippen molar-refractivity contribution in [1.82, 2.24) is 0 Å². The smallest absolute Gasteiger partial charge is 0.126 e. The summed E-state index contributed by atoms with van der Waals surface area (Å²) in [5.74, 6) is 0.262. The molecule has 1 aliphatic carbocycles. The van der Waals surface area contributed by atoms with Gasteiger partial charge in [0.25, 0.3) is 0 Å². The van der Waals surface area contributed by atoms with E-state index in [9.17, 15) is 0 Å². The molecule has 11 heavy (non-hydrogen) atoms. The molecular formula is C7H6Cl4. The molecule has 0 aliphatic heterocycles. The van der Waals surface area contributed by atoms with Crippen LogP contribution in [0.1, 0.15) is 0 Å². The first-order valence-corrected chi connectivity index (χ1v) is 4.73. The molecule has 0 aromatic rings. The first-order chi connectivity index (χ1) is 5.06. The van der Waals surface area contributed by atoms with Crippen molar-refractivity contribution in [2.24, 2.45) is 5.92 Å². The summed E-state index contributed by atoms with van der Waals surface area (Å²) in [6.07, 6.45) is 5.07. The average molecular weight is 232 g/mol. The molecule has 4 heteroatoms. The fourth-order valence-electron chi connectivity index (χ4n) is 0.821. The molecule has 0 nitrogen and oxygen atoms in total. The molecule has 1 unspecified atom stereocenters. The topological polar surface area (TPSA) is 0 Å². The lowest BCUT2D eigenvalue weighted by molar-refractivity contribution is 0.699. The molecule has 0 bridgehead atoms. The quantitative estimate of drug-likeness (QED) is 0.604. The standard InChI is InChI=1S/C7H6Cl4/c8-4-5-3-6(9)1-2-7(5,10)11/h1-3,5H,4H2. The maximum absolute atomic E-state index is 5.89.